The lowest BCUT2D eigenvalue weighted by Crippen LogP contribution is -2.58. The number of carbonyl (C=O) groups excluding carboxylic acids is 5. The van der Waals surface area contributed by atoms with Crippen molar-refractivity contribution in [1.82, 2.24) is 20.9 Å². The molecule has 0 radical (unpaired) electrons. The molecule has 1 aromatic carbocycles. The summed E-state index contributed by atoms with van der Waals surface area (Å²) in [5.41, 5.74) is 0.824. The fourth-order valence-electron chi connectivity index (χ4n) is 4.45. The van der Waals surface area contributed by atoms with E-state index in [1.165, 1.54) is 4.90 Å². The SMILES string of the molecule is CCCC[C@H](NC(=O)OCc1ccccc1)C(=O)N[C@H](C(=O)N1CCC[C@H]1C(=O)N[C@H](C=O)C(C)C)C(C)C. The summed E-state index contributed by atoms with van der Waals surface area (Å²) in [6.45, 7) is 9.74. The molecule has 4 amide bonds. The van der Waals surface area contributed by atoms with Gasteiger partial charge in [0.1, 0.15) is 31.0 Å². The van der Waals surface area contributed by atoms with Crippen molar-refractivity contribution in [1.29, 1.82) is 0 Å². The smallest absolute Gasteiger partial charge is 0.408 e. The van der Waals surface area contributed by atoms with E-state index in [2.05, 4.69) is 16.0 Å². The van der Waals surface area contributed by atoms with Crippen LogP contribution >= 0.6 is 0 Å². The Hall–Kier alpha value is -3.43. The minimum Gasteiger partial charge on any atom is -0.445 e. The van der Waals surface area contributed by atoms with Gasteiger partial charge in [-0.3, -0.25) is 14.4 Å². The Kier molecular flexibility index (Phi) is 12.9. The number of ether oxygens (including phenoxy) is 1. The third-order valence-electron chi connectivity index (χ3n) is 6.91. The maximum absolute atomic E-state index is 13.6. The quantitative estimate of drug-likeness (QED) is 0.308. The van der Waals surface area contributed by atoms with Crippen LogP contribution in [-0.4, -0.2) is 65.7 Å². The van der Waals surface area contributed by atoms with Crippen LogP contribution in [0.3, 0.4) is 0 Å². The Balaban J connectivity index is 2.08. The highest BCUT2D eigenvalue weighted by molar-refractivity contribution is 5.94. The Morgan fingerprint density at radius 3 is 2.31 bits per heavy atom. The first kappa shape index (κ1) is 31.8. The molecular formula is C29H44N4O6. The molecule has 4 atom stereocenters. The average Bonchev–Trinajstić information content (AvgIpc) is 3.41. The molecule has 1 fully saturated rings. The molecule has 0 saturated carbocycles. The van der Waals surface area contributed by atoms with E-state index in [1.54, 1.807) is 0 Å². The Labute approximate surface area is 231 Å². The van der Waals surface area contributed by atoms with Crippen molar-refractivity contribution in [2.75, 3.05) is 6.54 Å². The molecule has 1 aliphatic rings. The molecule has 0 unspecified atom stereocenters. The fraction of sp³-hybridized carbons (Fsp3) is 0.621. The molecule has 216 valence electrons. The van der Waals surface area contributed by atoms with E-state index in [0.29, 0.717) is 38.5 Å². The van der Waals surface area contributed by atoms with Crippen LogP contribution in [0.25, 0.3) is 0 Å². The third-order valence-corrected chi connectivity index (χ3v) is 6.91. The van der Waals surface area contributed by atoms with Crippen molar-refractivity contribution in [3.63, 3.8) is 0 Å². The summed E-state index contributed by atoms with van der Waals surface area (Å²) in [4.78, 5) is 65.2. The van der Waals surface area contributed by atoms with E-state index < -0.39 is 36.2 Å². The summed E-state index contributed by atoms with van der Waals surface area (Å²) < 4.78 is 5.29. The van der Waals surface area contributed by atoms with Gasteiger partial charge in [0, 0.05) is 6.54 Å². The number of carbonyl (C=O) groups is 5. The van der Waals surface area contributed by atoms with Crippen molar-refractivity contribution in [3.05, 3.63) is 35.9 Å². The molecule has 0 aliphatic carbocycles. The number of rotatable bonds is 14. The van der Waals surface area contributed by atoms with E-state index in [4.69, 9.17) is 4.74 Å². The molecule has 1 heterocycles. The zero-order chi connectivity index (χ0) is 28.9. The second-order valence-corrected chi connectivity index (χ2v) is 10.7. The van der Waals surface area contributed by atoms with Crippen molar-refractivity contribution >= 4 is 30.1 Å². The molecule has 1 saturated heterocycles. The number of aldehydes is 1. The van der Waals surface area contributed by atoms with E-state index >= 15 is 0 Å². The maximum Gasteiger partial charge on any atom is 0.408 e. The molecule has 0 bridgehead atoms. The van der Waals surface area contributed by atoms with Gasteiger partial charge >= 0.3 is 6.09 Å². The predicted octanol–water partition coefficient (Wildman–Crippen LogP) is 2.94. The van der Waals surface area contributed by atoms with Gasteiger partial charge in [-0.1, -0.05) is 77.8 Å². The van der Waals surface area contributed by atoms with Gasteiger partial charge in [0.25, 0.3) is 0 Å². The van der Waals surface area contributed by atoms with Crippen LogP contribution in [-0.2, 0) is 30.5 Å². The minimum absolute atomic E-state index is 0.0715. The first-order valence-corrected chi connectivity index (χ1v) is 13.9. The van der Waals surface area contributed by atoms with E-state index in [0.717, 1.165) is 12.0 Å². The summed E-state index contributed by atoms with van der Waals surface area (Å²) in [5.74, 6) is -1.55. The van der Waals surface area contributed by atoms with Crippen molar-refractivity contribution in [2.24, 2.45) is 11.8 Å². The molecule has 1 aliphatic heterocycles. The molecular weight excluding hydrogens is 500 g/mol. The first-order chi connectivity index (χ1) is 18.6. The fourth-order valence-corrected chi connectivity index (χ4v) is 4.45. The van der Waals surface area contributed by atoms with Gasteiger partial charge in [-0.2, -0.15) is 0 Å². The van der Waals surface area contributed by atoms with E-state index in [1.807, 2.05) is 65.0 Å². The highest BCUT2D eigenvalue weighted by Gasteiger charge is 2.40. The molecule has 10 nitrogen and oxygen atoms in total. The second kappa shape index (κ2) is 15.9. The number of unbranched alkanes of at least 4 members (excludes halogenated alkanes) is 1. The third kappa shape index (κ3) is 9.67. The van der Waals surface area contributed by atoms with Crippen LogP contribution in [0.4, 0.5) is 4.79 Å². The van der Waals surface area contributed by atoms with Gasteiger partial charge in [0.05, 0.1) is 6.04 Å². The lowest BCUT2D eigenvalue weighted by atomic mass is 10.0. The van der Waals surface area contributed by atoms with E-state index in [9.17, 15) is 24.0 Å². The zero-order valence-electron chi connectivity index (χ0n) is 23.8. The van der Waals surface area contributed by atoms with E-state index in [-0.39, 0.29) is 30.3 Å². The van der Waals surface area contributed by atoms with Crippen LogP contribution in [0.2, 0.25) is 0 Å². The molecule has 39 heavy (non-hydrogen) atoms. The van der Waals surface area contributed by atoms with Crippen LogP contribution < -0.4 is 16.0 Å². The van der Waals surface area contributed by atoms with Gasteiger partial charge in [-0.05, 0) is 36.7 Å². The number of alkyl carbamates (subject to hydrolysis) is 1. The summed E-state index contributed by atoms with van der Waals surface area (Å²) in [5, 5.41) is 8.21. The summed E-state index contributed by atoms with van der Waals surface area (Å²) in [6.07, 6.45) is 3.01. The molecule has 1 aromatic rings. The highest BCUT2D eigenvalue weighted by atomic mass is 16.5. The summed E-state index contributed by atoms with van der Waals surface area (Å²) in [7, 11) is 0. The van der Waals surface area contributed by atoms with Crippen molar-refractivity contribution in [2.45, 2.75) is 97.5 Å². The monoisotopic (exact) mass is 544 g/mol. The number of hydrogen-bond acceptors (Lipinski definition) is 6. The number of benzene rings is 1. The second-order valence-electron chi connectivity index (χ2n) is 10.7. The maximum atomic E-state index is 13.6. The molecule has 3 N–H and O–H groups in total. The Morgan fingerprint density at radius 1 is 1.03 bits per heavy atom. The standard InChI is InChI=1S/C29H44N4O6/c1-6-7-14-22(31-29(38)39-18-21-12-9-8-10-13-21)26(35)32-25(20(4)5)28(37)33-16-11-15-24(33)27(36)30-23(17-34)19(2)3/h8-10,12-13,17,19-20,22-25H,6-7,11,14-16,18H2,1-5H3,(H,30,36)(H,31,38)(H,32,35)/t22-,23+,24-,25-/m0/s1. The number of nitrogens with one attached hydrogen (secondary N) is 3. The lowest BCUT2D eigenvalue weighted by Gasteiger charge is -2.32. The van der Waals surface area contributed by atoms with Gasteiger partial charge in [-0.25, -0.2) is 4.79 Å². The molecule has 0 aromatic heterocycles. The average molecular weight is 545 g/mol. The van der Waals surface area contributed by atoms with Gasteiger partial charge in [-0.15, -0.1) is 0 Å². The lowest BCUT2D eigenvalue weighted by molar-refractivity contribution is -0.143. The largest absolute Gasteiger partial charge is 0.445 e. The topological polar surface area (TPSA) is 134 Å². The van der Waals surface area contributed by atoms with Gasteiger partial charge in [0.2, 0.25) is 17.7 Å². The Bertz CT molecular complexity index is 968. The highest BCUT2D eigenvalue weighted by Crippen LogP contribution is 2.21. The molecule has 10 heteroatoms. The number of nitrogens with zero attached hydrogens (tertiary/aromatic N) is 1. The Morgan fingerprint density at radius 2 is 1.72 bits per heavy atom. The number of likely N-dealkylation sites (tertiary alicyclic amines) is 1. The van der Waals surface area contributed by atoms with Crippen LogP contribution in [0.5, 0.6) is 0 Å². The van der Waals surface area contributed by atoms with Gasteiger partial charge < -0.3 is 30.4 Å². The van der Waals surface area contributed by atoms with Crippen LogP contribution in [0.15, 0.2) is 30.3 Å². The minimum atomic E-state index is -0.885. The molecule has 0 spiro atoms. The predicted molar refractivity (Wildman–Crippen MR) is 147 cm³/mol. The van der Waals surface area contributed by atoms with Crippen LogP contribution in [0, 0.1) is 11.8 Å². The normalized spacial score (nSPS) is 17.3. The zero-order valence-corrected chi connectivity index (χ0v) is 23.8. The number of amides is 4. The summed E-state index contributed by atoms with van der Waals surface area (Å²) in [6, 6.07) is 6.12. The van der Waals surface area contributed by atoms with Crippen LogP contribution in [0.1, 0.15) is 72.3 Å². The molecule has 2 rings (SSSR count). The van der Waals surface area contributed by atoms with Crippen molar-refractivity contribution < 1.29 is 28.7 Å². The number of hydrogen-bond donors (Lipinski definition) is 3. The summed E-state index contributed by atoms with van der Waals surface area (Å²) >= 11 is 0. The first-order valence-electron chi connectivity index (χ1n) is 13.9. The van der Waals surface area contributed by atoms with Crippen molar-refractivity contribution in [3.8, 4) is 0 Å². The van der Waals surface area contributed by atoms with Gasteiger partial charge in [0.15, 0.2) is 0 Å².